The minimum absolute atomic E-state index is 0.510. The summed E-state index contributed by atoms with van der Waals surface area (Å²) in [6, 6.07) is 23.3. The predicted molar refractivity (Wildman–Crippen MR) is 127 cm³/mol. The van der Waals surface area contributed by atoms with Crippen molar-refractivity contribution in [3.05, 3.63) is 79.0 Å². The zero-order valence-corrected chi connectivity index (χ0v) is 18.5. The Hall–Kier alpha value is -4.39. The van der Waals surface area contributed by atoms with E-state index in [0.29, 0.717) is 5.78 Å². The summed E-state index contributed by atoms with van der Waals surface area (Å²) in [6.07, 6.45) is 1.88. The molecule has 0 saturated carbocycles. The summed E-state index contributed by atoms with van der Waals surface area (Å²) in [5.41, 5.74) is 5.01. The smallest absolute Gasteiger partial charge is 0.251 e. The van der Waals surface area contributed by atoms with Crippen molar-refractivity contribution >= 4 is 5.78 Å². The van der Waals surface area contributed by atoms with Gasteiger partial charge in [0.25, 0.3) is 5.78 Å². The van der Waals surface area contributed by atoms with Gasteiger partial charge in [-0.2, -0.15) is 5.10 Å². The van der Waals surface area contributed by atoms with E-state index in [2.05, 4.69) is 0 Å². The first-order valence-electron chi connectivity index (χ1n) is 10.4. The van der Waals surface area contributed by atoms with Crippen LogP contribution < -0.4 is 14.2 Å². The van der Waals surface area contributed by atoms with Crippen LogP contribution >= 0.6 is 0 Å². The molecular formula is C26H22N4O3. The molecule has 5 rings (SSSR count). The quantitative estimate of drug-likeness (QED) is 0.365. The van der Waals surface area contributed by atoms with Gasteiger partial charge in [0.2, 0.25) is 0 Å². The number of aromatic nitrogens is 4. The lowest BCUT2D eigenvalue weighted by atomic mass is 10.0. The molecular weight excluding hydrogens is 416 g/mol. The molecule has 0 aliphatic rings. The van der Waals surface area contributed by atoms with Crippen molar-refractivity contribution in [2.24, 2.45) is 0 Å². The van der Waals surface area contributed by atoms with Gasteiger partial charge < -0.3 is 14.2 Å². The molecule has 0 bridgehead atoms. The van der Waals surface area contributed by atoms with Gasteiger partial charge in [0.05, 0.1) is 33.2 Å². The molecule has 2 heterocycles. The van der Waals surface area contributed by atoms with Crippen molar-refractivity contribution in [1.82, 2.24) is 19.6 Å². The fraction of sp³-hybridized carbons (Fsp3) is 0.115. The number of ether oxygens (including phenoxy) is 3. The first kappa shape index (κ1) is 20.5. The van der Waals surface area contributed by atoms with E-state index in [1.54, 1.807) is 25.8 Å². The minimum Gasteiger partial charge on any atom is -0.497 e. The highest BCUT2D eigenvalue weighted by Gasteiger charge is 2.16. The lowest BCUT2D eigenvalue weighted by Gasteiger charge is -2.10. The zero-order chi connectivity index (χ0) is 22.8. The van der Waals surface area contributed by atoms with Gasteiger partial charge in [-0.25, -0.2) is 14.5 Å². The average Bonchev–Trinajstić information content (AvgIpc) is 3.31. The van der Waals surface area contributed by atoms with Gasteiger partial charge in [-0.1, -0.05) is 12.1 Å². The molecule has 0 spiro atoms. The second-order valence-corrected chi connectivity index (χ2v) is 7.37. The maximum Gasteiger partial charge on any atom is 0.251 e. The van der Waals surface area contributed by atoms with E-state index < -0.39 is 0 Å². The van der Waals surface area contributed by atoms with Crippen LogP contribution in [0.1, 0.15) is 0 Å². The van der Waals surface area contributed by atoms with Crippen molar-refractivity contribution in [1.29, 1.82) is 0 Å². The van der Waals surface area contributed by atoms with Crippen LogP contribution in [0.5, 0.6) is 17.2 Å². The Balaban J connectivity index is 1.68. The topological polar surface area (TPSA) is 70.8 Å². The molecule has 5 aromatic rings. The van der Waals surface area contributed by atoms with Crippen molar-refractivity contribution in [2.45, 2.75) is 0 Å². The number of imidazole rings is 1. The molecule has 0 aliphatic heterocycles. The maximum absolute atomic E-state index is 5.36. The number of rotatable bonds is 6. The SMILES string of the molecule is COc1ccc(-c2nc3nc(-c4cccc(OC)c4)cn3nc2-c2ccc(OC)cc2)cc1. The molecule has 0 atom stereocenters. The molecule has 0 amide bonds. The minimum atomic E-state index is 0.510. The van der Waals surface area contributed by atoms with Gasteiger partial charge in [0.15, 0.2) is 0 Å². The summed E-state index contributed by atoms with van der Waals surface area (Å²) in [5, 5.41) is 4.90. The van der Waals surface area contributed by atoms with E-state index in [-0.39, 0.29) is 0 Å². The molecule has 0 N–H and O–H groups in total. The van der Waals surface area contributed by atoms with E-state index in [4.69, 9.17) is 29.3 Å². The Morgan fingerprint density at radius 3 is 1.82 bits per heavy atom. The molecule has 7 nitrogen and oxygen atoms in total. The highest BCUT2D eigenvalue weighted by Crippen LogP contribution is 2.32. The molecule has 3 aromatic carbocycles. The van der Waals surface area contributed by atoms with Gasteiger partial charge in [-0.3, -0.25) is 0 Å². The van der Waals surface area contributed by atoms with Crippen LogP contribution in [0.25, 0.3) is 39.5 Å². The summed E-state index contributed by atoms with van der Waals surface area (Å²) in [7, 11) is 4.94. The van der Waals surface area contributed by atoms with Crippen LogP contribution in [0.15, 0.2) is 79.0 Å². The van der Waals surface area contributed by atoms with Crippen molar-refractivity contribution in [3.63, 3.8) is 0 Å². The Bertz CT molecular complexity index is 1330. The highest BCUT2D eigenvalue weighted by molar-refractivity contribution is 5.79. The summed E-state index contributed by atoms with van der Waals surface area (Å²) in [5.74, 6) is 2.83. The molecule has 0 radical (unpaired) electrons. The second-order valence-electron chi connectivity index (χ2n) is 7.37. The van der Waals surface area contributed by atoms with Gasteiger partial charge in [-0.15, -0.1) is 0 Å². The molecule has 33 heavy (non-hydrogen) atoms. The second kappa shape index (κ2) is 8.63. The molecule has 0 saturated heterocycles. The lowest BCUT2D eigenvalue weighted by molar-refractivity contribution is 0.414. The zero-order valence-electron chi connectivity index (χ0n) is 18.5. The highest BCUT2D eigenvalue weighted by atomic mass is 16.5. The largest absolute Gasteiger partial charge is 0.497 e. The standard InChI is InChI=1S/C26H22N4O3/c1-31-20-11-7-17(8-12-20)24-25(18-9-13-21(32-2)14-10-18)29-30-16-23(27-26(30)28-24)19-5-4-6-22(15-19)33-3/h4-16H,1-3H3. The summed E-state index contributed by atoms with van der Waals surface area (Å²) in [6.45, 7) is 0. The average molecular weight is 438 g/mol. The predicted octanol–water partition coefficient (Wildman–Crippen LogP) is 5.15. The van der Waals surface area contributed by atoms with Crippen LogP contribution in [0.2, 0.25) is 0 Å². The van der Waals surface area contributed by atoms with Crippen LogP contribution in [0, 0.1) is 0 Å². The van der Waals surface area contributed by atoms with Crippen LogP contribution in [0.4, 0.5) is 0 Å². The van der Waals surface area contributed by atoms with E-state index in [1.807, 2.05) is 79.0 Å². The first-order valence-corrected chi connectivity index (χ1v) is 10.4. The molecule has 7 heteroatoms. The molecule has 164 valence electrons. The fourth-order valence-corrected chi connectivity index (χ4v) is 3.63. The maximum atomic E-state index is 5.36. The monoisotopic (exact) mass is 438 g/mol. The third-order valence-electron chi connectivity index (χ3n) is 5.41. The fourth-order valence-electron chi connectivity index (χ4n) is 3.63. The van der Waals surface area contributed by atoms with E-state index in [9.17, 15) is 0 Å². The van der Waals surface area contributed by atoms with Crippen LogP contribution in [0.3, 0.4) is 0 Å². The van der Waals surface area contributed by atoms with Crippen LogP contribution in [-0.2, 0) is 0 Å². The van der Waals surface area contributed by atoms with E-state index >= 15 is 0 Å². The summed E-state index contributed by atoms with van der Waals surface area (Å²) < 4.78 is 17.7. The molecule has 0 unspecified atom stereocenters. The summed E-state index contributed by atoms with van der Waals surface area (Å²) >= 11 is 0. The normalized spacial score (nSPS) is 10.9. The molecule has 2 aromatic heterocycles. The summed E-state index contributed by atoms with van der Waals surface area (Å²) in [4.78, 5) is 9.62. The number of fused-ring (bicyclic) bond motifs is 1. The molecule has 0 fully saturated rings. The van der Waals surface area contributed by atoms with Crippen molar-refractivity contribution in [2.75, 3.05) is 21.3 Å². The number of hydrogen-bond acceptors (Lipinski definition) is 6. The Kier molecular flexibility index (Phi) is 5.36. The lowest BCUT2D eigenvalue weighted by Crippen LogP contribution is -2.01. The van der Waals surface area contributed by atoms with Crippen molar-refractivity contribution in [3.8, 4) is 51.0 Å². The third kappa shape index (κ3) is 3.96. The van der Waals surface area contributed by atoms with Crippen molar-refractivity contribution < 1.29 is 14.2 Å². The number of benzene rings is 3. The van der Waals surface area contributed by atoms with Gasteiger partial charge in [0.1, 0.15) is 28.6 Å². The first-order chi connectivity index (χ1) is 16.2. The number of nitrogens with zero attached hydrogens (tertiary/aromatic N) is 4. The number of hydrogen-bond donors (Lipinski definition) is 0. The Morgan fingerprint density at radius 1 is 0.606 bits per heavy atom. The molecule has 0 aliphatic carbocycles. The van der Waals surface area contributed by atoms with Crippen LogP contribution in [-0.4, -0.2) is 40.9 Å². The third-order valence-corrected chi connectivity index (χ3v) is 5.41. The van der Waals surface area contributed by atoms with Gasteiger partial charge in [-0.05, 0) is 60.7 Å². The Labute approximate surface area is 191 Å². The Morgan fingerprint density at radius 2 is 1.21 bits per heavy atom. The van der Waals surface area contributed by atoms with Gasteiger partial charge in [0, 0.05) is 16.7 Å². The van der Waals surface area contributed by atoms with E-state index in [0.717, 1.165) is 51.0 Å². The van der Waals surface area contributed by atoms with E-state index in [1.165, 1.54) is 0 Å². The van der Waals surface area contributed by atoms with Gasteiger partial charge >= 0.3 is 0 Å². The number of methoxy groups -OCH3 is 3.